The first-order valence-electron chi connectivity index (χ1n) is 11.9. The highest BCUT2D eigenvalue weighted by Crippen LogP contribution is 2.44. The van der Waals surface area contributed by atoms with Gasteiger partial charge in [0.25, 0.3) is 0 Å². The summed E-state index contributed by atoms with van der Waals surface area (Å²) in [7, 11) is 0. The Kier molecular flexibility index (Phi) is 8.08. The number of unbranched alkanes of at least 4 members (excludes halogenated alkanes) is 2. The molecule has 2 fully saturated rings. The van der Waals surface area contributed by atoms with Crippen LogP contribution < -0.4 is 0 Å². The highest BCUT2D eigenvalue weighted by atomic mass is 14.4. The van der Waals surface area contributed by atoms with Gasteiger partial charge in [0.1, 0.15) is 0 Å². The van der Waals surface area contributed by atoms with E-state index in [4.69, 9.17) is 0 Å². The molecular weight excluding hydrogens is 312 g/mol. The summed E-state index contributed by atoms with van der Waals surface area (Å²) < 4.78 is 0. The summed E-state index contributed by atoms with van der Waals surface area (Å²) in [6.45, 7) is 4.60. The third kappa shape index (κ3) is 5.61. The van der Waals surface area contributed by atoms with Crippen LogP contribution >= 0.6 is 0 Å². The average molecular weight is 355 g/mol. The molecule has 0 spiro atoms. The number of aryl methyl sites for hydroxylation is 1. The molecule has 0 nitrogen and oxygen atoms in total. The summed E-state index contributed by atoms with van der Waals surface area (Å²) in [5.41, 5.74) is 3.13. The van der Waals surface area contributed by atoms with E-state index in [2.05, 4.69) is 38.1 Å². The first-order chi connectivity index (χ1) is 12.8. The zero-order valence-electron chi connectivity index (χ0n) is 17.5. The summed E-state index contributed by atoms with van der Waals surface area (Å²) in [6.07, 6.45) is 20.3. The molecule has 0 aliphatic heterocycles. The van der Waals surface area contributed by atoms with Crippen molar-refractivity contribution < 1.29 is 0 Å². The van der Waals surface area contributed by atoms with Gasteiger partial charge in [0, 0.05) is 0 Å². The van der Waals surface area contributed by atoms with Gasteiger partial charge in [-0.3, -0.25) is 0 Å². The van der Waals surface area contributed by atoms with Gasteiger partial charge in [-0.1, -0.05) is 83.1 Å². The minimum absolute atomic E-state index is 0.840. The van der Waals surface area contributed by atoms with E-state index in [0.717, 1.165) is 23.7 Å². The molecule has 0 saturated heterocycles. The smallest absolute Gasteiger partial charge is 0.0162 e. The number of hydrogen-bond donors (Lipinski definition) is 0. The summed E-state index contributed by atoms with van der Waals surface area (Å²) in [5.74, 6) is 4.01. The molecule has 2 aliphatic carbocycles. The molecule has 0 heteroatoms. The predicted octanol–water partition coefficient (Wildman–Crippen LogP) is 8.30. The van der Waals surface area contributed by atoms with Gasteiger partial charge in [0.05, 0.1) is 0 Å². The number of hydrogen-bond acceptors (Lipinski definition) is 0. The van der Waals surface area contributed by atoms with Crippen LogP contribution in [-0.2, 0) is 6.42 Å². The fourth-order valence-electron chi connectivity index (χ4n) is 5.80. The van der Waals surface area contributed by atoms with Gasteiger partial charge in [0.15, 0.2) is 0 Å². The fourth-order valence-corrected chi connectivity index (χ4v) is 5.80. The first kappa shape index (κ1) is 20.0. The third-order valence-electron chi connectivity index (χ3n) is 7.54. The molecule has 0 heterocycles. The maximum Gasteiger partial charge on any atom is -0.0162 e. The van der Waals surface area contributed by atoms with Crippen molar-refractivity contribution >= 4 is 0 Å². The van der Waals surface area contributed by atoms with Crippen LogP contribution in [0.3, 0.4) is 0 Å². The Morgan fingerprint density at radius 1 is 0.692 bits per heavy atom. The molecular formula is C26H42. The van der Waals surface area contributed by atoms with Crippen molar-refractivity contribution in [3.8, 4) is 0 Å². The van der Waals surface area contributed by atoms with Crippen molar-refractivity contribution in [2.45, 2.75) is 110 Å². The normalized spacial score (nSPS) is 29.6. The highest BCUT2D eigenvalue weighted by Gasteiger charge is 2.31. The lowest BCUT2D eigenvalue weighted by Gasteiger charge is -2.38. The zero-order chi connectivity index (χ0) is 18.2. The summed E-state index contributed by atoms with van der Waals surface area (Å²) in [6, 6.07) is 9.62. The monoisotopic (exact) mass is 354 g/mol. The molecule has 26 heavy (non-hydrogen) atoms. The molecule has 0 bridgehead atoms. The Balaban J connectivity index is 1.40. The van der Waals surface area contributed by atoms with Crippen LogP contribution in [-0.4, -0.2) is 0 Å². The van der Waals surface area contributed by atoms with Gasteiger partial charge in [-0.15, -0.1) is 0 Å². The number of rotatable bonds is 8. The minimum atomic E-state index is 0.840. The van der Waals surface area contributed by atoms with Crippen LogP contribution in [0.4, 0.5) is 0 Å². The molecule has 0 aromatic heterocycles. The maximum absolute atomic E-state index is 2.43. The molecule has 1 aromatic rings. The Bertz CT molecular complexity index is 483. The topological polar surface area (TPSA) is 0 Å². The van der Waals surface area contributed by atoms with Crippen molar-refractivity contribution in [2.75, 3.05) is 0 Å². The lowest BCUT2D eigenvalue weighted by atomic mass is 9.68. The Morgan fingerprint density at radius 2 is 1.31 bits per heavy atom. The molecule has 3 rings (SSSR count). The van der Waals surface area contributed by atoms with E-state index in [9.17, 15) is 0 Å². The largest absolute Gasteiger partial charge is 0.0654 e. The van der Waals surface area contributed by atoms with Crippen LogP contribution in [0.2, 0.25) is 0 Å². The Hall–Kier alpha value is -0.780. The standard InChI is InChI=1S/C26H42/c1-3-5-6-8-22-11-15-24(16-12-22)26-19-17-25(18-20-26)23-13-9-21(7-4-2)10-14-23/h9-10,13-14,22,24-26H,3-8,11-12,15-20H2,1-2H3. The van der Waals surface area contributed by atoms with Gasteiger partial charge in [0.2, 0.25) is 0 Å². The molecule has 146 valence electrons. The molecule has 0 amide bonds. The first-order valence-corrected chi connectivity index (χ1v) is 11.9. The van der Waals surface area contributed by atoms with E-state index in [1.54, 1.807) is 5.56 Å². The zero-order valence-corrected chi connectivity index (χ0v) is 17.5. The van der Waals surface area contributed by atoms with Gasteiger partial charge >= 0.3 is 0 Å². The molecule has 0 radical (unpaired) electrons. The molecule has 2 saturated carbocycles. The molecule has 1 aromatic carbocycles. The van der Waals surface area contributed by atoms with Gasteiger partial charge in [-0.2, -0.15) is 0 Å². The fraction of sp³-hybridized carbons (Fsp3) is 0.769. The average Bonchev–Trinajstić information content (AvgIpc) is 2.70. The van der Waals surface area contributed by atoms with E-state index >= 15 is 0 Å². The van der Waals surface area contributed by atoms with E-state index in [1.165, 1.54) is 95.5 Å². The second kappa shape index (κ2) is 10.5. The predicted molar refractivity (Wildman–Crippen MR) is 115 cm³/mol. The van der Waals surface area contributed by atoms with Crippen molar-refractivity contribution in [3.63, 3.8) is 0 Å². The summed E-state index contributed by atoms with van der Waals surface area (Å²) in [4.78, 5) is 0. The van der Waals surface area contributed by atoms with E-state index in [0.29, 0.717) is 0 Å². The summed E-state index contributed by atoms with van der Waals surface area (Å²) in [5, 5.41) is 0. The van der Waals surface area contributed by atoms with Crippen LogP contribution in [0.1, 0.15) is 114 Å². The second-order valence-electron chi connectivity index (χ2n) is 9.38. The third-order valence-corrected chi connectivity index (χ3v) is 7.54. The van der Waals surface area contributed by atoms with Gasteiger partial charge in [-0.05, 0) is 79.7 Å². The Morgan fingerprint density at radius 3 is 1.88 bits per heavy atom. The van der Waals surface area contributed by atoms with E-state index in [-0.39, 0.29) is 0 Å². The number of benzene rings is 1. The highest BCUT2D eigenvalue weighted by molar-refractivity contribution is 5.26. The van der Waals surface area contributed by atoms with E-state index in [1.807, 2.05) is 0 Å². The SMILES string of the molecule is CCCCCC1CCC(C2CCC(c3ccc(CCC)cc3)CC2)CC1. The molecule has 0 N–H and O–H groups in total. The second-order valence-corrected chi connectivity index (χ2v) is 9.38. The Labute approximate surface area is 163 Å². The van der Waals surface area contributed by atoms with Crippen LogP contribution in [0.25, 0.3) is 0 Å². The van der Waals surface area contributed by atoms with Crippen LogP contribution in [0.5, 0.6) is 0 Å². The van der Waals surface area contributed by atoms with Crippen LogP contribution in [0, 0.1) is 17.8 Å². The quantitative estimate of drug-likeness (QED) is 0.412. The van der Waals surface area contributed by atoms with Crippen LogP contribution in [0.15, 0.2) is 24.3 Å². The lowest BCUT2D eigenvalue weighted by Crippen LogP contribution is -2.25. The molecule has 0 atom stereocenters. The van der Waals surface area contributed by atoms with Gasteiger partial charge < -0.3 is 0 Å². The summed E-state index contributed by atoms with van der Waals surface area (Å²) >= 11 is 0. The van der Waals surface area contributed by atoms with Crippen molar-refractivity contribution in [3.05, 3.63) is 35.4 Å². The van der Waals surface area contributed by atoms with Gasteiger partial charge in [-0.25, -0.2) is 0 Å². The minimum Gasteiger partial charge on any atom is -0.0654 e. The molecule has 2 aliphatic rings. The maximum atomic E-state index is 2.43. The van der Waals surface area contributed by atoms with Crippen molar-refractivity contribution in [1.82, 2.24) is 0 Å². The lowest BCUT2D eigenvalue weighted by molar-refractivity contribution is 0.155. The van der Waals surface area contributed by atoms with Crippen molar-refractivity contribution in [2.24, 2.45) is 17.8 Å². The molecule has 0 unspecified atom stereocenters. The van der Waals surface area contributed by atoms with E-state index < -0.39 is 0 Å². The van der Waals surface area contributed by atoms with Crippen molar-refractivity contribution in [1.29, 1.82) is 0 Å².